The second-order valence-corrected chi connectivity index (χ2v) is 6.60. The van der Waals surface area contributed by atoms with Gasteiger partial charge in [-0.25, -0.2) is 9.67 Å². The summed E-state index contributed by atoms with van der Waals surface area (Å²) in [7, 11) is 0. The van der Waals surface area contributed by atoms with Crippen molar-refractivity contribution in [3.05, 3.63) is 59.0 Å². The second kappa shape index (κ2) is 5.01. The summed E-state index contributed by atoms with van der Waals surface area (Å²) in [6.07, 6.45) is 1.78. The Bertz CT molecular complexity index is 1100. The topological polar surface area (TPSA) is 103 Å². The van der Waals surface area contributed by atoms with Gasteiger partial charge in [-0.05, 0) is 30.7 Å². The quantitative estimate of drug-likeness (QED) is 0.740. The number of rotatable bonds is 2. The van der Waals surface area contributed by atoms with Gasteiger partial charge in [0.1, 0.15) is 11.5 Å². The van der Waals surface area contributed by atoms with Crippen LogP contribution >= 0.6 is 0 Å². The number of primary amides is 1. The maximum atomic E-state index is 12.8. The predicted molar refractivity (Wildman–Crippen MR) is 95.6 cm³/mol. The van der Waals surface area contributed by atoms with Crippen molar-refractivity contribution in [3.8, 4) is 16.8 Å². The van der Waals surface area contributed by atoms with Crippen LogP contribution in [-0.2, 0) is 0 Å². The van der Waals surface area contributed by atoms with Crippen LogP contribution in [0.3, 0.4) is 0 Å². The lowest BCUT2D eigenvalue weighted by Crippen LogP contribution is -2.25. The molecule has 3 N–H and O–H groups in total. The second-order valence-electron chi connectivity index (χ2n) is 6.60. The standard InChI is InChI=1S/C19H15N5O2/c1-9-6-14-17(25)13-8-22-19-15(13)16(24(14)23-9)12(7-21-19)10-2-4-11(5-3-10)18(20)26/h2-7,13H,8H2,1H3,(H2,20,26)(H,21,22). The fourth-order valence-corrected chi connectivity index (χ4v) is 3.79. The van der Waals surface area contributed by atoms with Crippen LogP contribution in [0.4, 0.5) is 5.82 Å². The van der Waals surface area contributed by atoms with Crippen LogP contribution in [0.15, 0.2) is 36.5 Å². The molecule has 1 amide bonds. The van der Waals surface area contributed by atoms with E-state index in [4.69, 9.17) is 5.73 Å². The Kier molecular flexibility index (Phi) is 2.86. The highest BCUT2D eigenvalue weighted by atomic mass is 16.1. The van der Waals surface area contributed by atoms with Gasteiger partial charge in [-0.3, -0.25) is 9.59 Å². The van der Waals surface area contributed by atoms with E-state index in [1.54, 1.807) is 23.0 Å². The number of pyridine rings is 1. The predicted octanol–water partition coefficient (Wildman–Crippen LogP) is 2.05. The molecule has 26 heavy (non-hydrogen) atoms. The molecular formula is C19H15N5O2. The molecule has 0 saturated heterocycles. The molecule has 0 bridgehead atoms. The molecule has 3 aromatic rings. The number of amides is 1. The third-order valence-electron chi connectivity index (χ3n) is 5.00. The SMILES string of the molecule is Cc1cc2n(n1)-c1c(-c3ccc(C(N)=O)cc3)cnc3c1C(CN3)C2=O. The molecule has 7 heteroatoms. The van der Waals surface area contributed by atoms with Crippen LogP contribution in [0.1, 0.15) is 38.0 Å². The van der Waals surface area contributed by atoms with Gasteiger partial charge >= 0.3 is 0 Å². The summed E-state index contributed by atoms with van der Waals surface area (Å²) in [6.45, 7) is 2.42. The summed E-state index contributed by atoms with van der Waals surface area (Å²) in [6, 6.07) is 8.88. The number of benzene rings is 1. The fourth-order valence-electron chi connectivity index (χ4n) is 3.79. The third-order valence-corrected chi connectivity index (χ3v) is 5.00. The number of hydrogen-bond acceptors (Lipinski definition) is 5. The van der Waals surface area contributed by atoms with Crippen LogP contribution in [0.25, 0.3) is 16.8 Å². The third kappa shape index (κ3) is 1.88. The molecular weight excluding hydrogens is 330 g/mol. The molecule has 0 spiro atoms. The van der Waals surface area contributed by atoms with Gasteiger partial charge in [0.25, 0.3) is 0 Å². The Morgan fingerprint density at radius 2 is 2.08 bits per heavy atom. The van der Waals surface area contributed by atoms with E-state index >= 15 is 0 Å². The minimum atomic E-state index is -0.468. The number of nitrogens with one attached hydrogen (secondary N) is 1. The van der Waals surface area contributed by atoms with Crippen LogP contribution in [0.2, 0.25) is 0 Å². The van der Waals surface area contributed by atoms with Crippen molar-refractivity contribution in [2.45, 2.75) is 12.8 Å². The van der Waals surface area contributed by atoms with Crippen molar-refractivity contribution in [2.24, 2.45) is 5.73 Å². The van der Waals surface area contributed by atoms with Crippen molar-refractivity contribution in [2.75, 3.05) is 11.9 Å². The highest BCUT2D eigenvalue weighted by molar-refractivity contribution is 6.06. The number of fused-ring (bicyclic) bond motifs is 2. The number of ketones is 1. The zero-order chi connectivity index (χ0) is 18.0. The molecule has 7 nitrogen and oxygen atoms in total. The Morgan fingerprint density at radius 1 is 1.31 bits per heavy atom. The van der Waals surface area contributed by atoms with Gasteiger partial charge in [0.05, 0.1) is 17.3 Å². The molecule has 1 atom stereocenters. The number of nitrogens with two attached hydrogens (primary N) is 1. The first-order valence-corrected chi connectivity index (χ1v) is 8.33. The molecule has 128 valence electrons. The number of carbonyl (C=O) groups excluding carboxylic acids is 2. The highest BCUT2D eigenvalue weighted by Gasteiger charge is 2.40. The van der Waals surface area contributed by atoms with Crippen LogP contribution in [-0.4, -0.2) is 33.0 Å². The summed E-state index contributed by atoms with van der Waals surface area (Å²) < 4.78 is 1.72. The maximum Gasteiger partial charge on any atom is 0.248 e. The average Bonchev–Trinajstić information content (AvgIpc) is 3.24. The molecule has 2 aliphatic heterocycles. The number of nitrogens with zero attached hydrogens (tertiary/aromatic N) is 3. The molecule has 5 rings (SSSR count). The van der Waals surface area contributed by atoms with Crippen molar-refractivity contribution in [3.63, 3.8) is 0 Å². The molecule has 0 aliphatic carbocycles. The molecule has 1 aromatic carbocycles. The van der Waals surface area contributed by atoms with Gasteiger partial charge in [0, 0.05) is 29.4 Å². The summed E-state index contributed by atoms with van der Waals surface area (Å²) in [5.41, 5.74) is 10.7. The highest BCUT2D eigenvalue weighted by Crippen LogP contribution is 2.44. The zero-order valence-electron chi connectivity index (χ0n) is 14.0. The van der Waals surface area contributed by atoms with Crippen molar-refractivity contribution in [1.82, 2.24) is 14.8 Å². The maximum absolute atomic E-state index is 12.8. The van der Waals surface area contributed by atoms with Crippen molar-refractivity contribution < 1.29 is 9.59 Å². The minimum absolute atomic E-state index is 0.0624. The van der Waals surface area contributed by atoms with E-state index in [1.807, 2.05) is 25.1 Å². The van der Waals surface area contributed by atoms with E-state index in [2.05, 4.69) is 15.4 Å². The van der Waals surface area contributed by atoms with E-state index in [1.165, 1.54) is 0 Å². The first kappa shape index (κ1) is 14.8. The smallest absolute Gasteiger partial charge is 0.248 e. The Morgan fingerprint density at radius 3 is 2.81 bits per heavy atom. The molecule has 1 unspecified atom stereocenters. The van der Waals surface area contributed by atoms with Gasteiger partial charge in [-0.1, -0.05) is 12.1 Å². The molecule has 2 aromatic heterocycles. The first-order chi connectivity index (χ1) is 12.5. The van der Waals surface area contributed by atoms with Gasteiger partial charge in [0.15, 0.2) is 5.78 Å². The van der Waals surface area contributed by atoms with E-state index in [0.29, 0.717) is 17.8 Å². The molecule has 0 saturated carbocycles. The van der Waals surface area contributed by atoms with Crippen molar-refractivity contribution in [1.29, 1.82) is 0 Å². The van der Waals surface area contributed by atoms with Crippen LogP contribution in [0.5, 0.6) is 0 Å². The number of carbonyl (C=O) groups is 2. The first-order valence-electron chi connectivity index (χ1n) is 8.33. The van der Waals surface area contributed by atoms with Gasteiger partial charge in [-0.2, -0.15) is 5.10 Å². The van der Waals surface area contributed by atoms with Crippen molar-refractivity contribution >= 4 is 17.5 Å². The van der Waals surface area contributed by atoms with Crippen LogP contribution < -0.4 is 11.1 Å². The Hall–Kier alpha value is -3.48. The normalized spacial score (nSPS) is 16.8. The Labute approximate surface area is 148 Å². The largest absolute Gasteiger partial charge is 0.369 e. The van der Waals surface area contributed by atoms with Gasteiger partial charge < -0.3 is 11.1 Å². The molecule has 0 fully saturated rings. The van der Waals surface area contributed by atoms with E-state index < -0.39 is 5.91 Å². The number of aryl methyl sites for hydroxylation is 1. The molecule has 0 radical (unpaired) electrons. The molecule has 2 aliphatic rings. The Balaban J connectivity index is 1.78. The fraction of sp³-hybridized carbons (Fsp3) is 0.158. The van der Waals surface area contributed by atoms with Gasteiger partial charge in [0.2, 0.25) is 5.91 Å². The van der Waals surface area contributed by atoms with E-state index in [9.17, 15) is 9.59 Å². The van der Waals surface area contributed by atoms with Crippen LogP contribution in [0, 0.1) is 6.92 Å². The summed E-state index contributed by atoms with van der Waals surface area (Å²) in [4.78, 5) is 28.7. The lowest BCUT2D eigenvalue weighted by molar-refractivity contribution is 0.0952. The number of aromatic nitrogens is 3. The summed E-state index contributed by atoms with van der Waals surface area (Å²) in [5, 5.41) is 7.76. The number of Topliss-reactive ketones (excluding diaryl/α,β-unsaturated/α-hetero) is 1. The summed E-state index contributed by atoms with van der Waals surface area (Å²) >= 11 is 0. The lowest BCUT2D eigenvalue weighted by Gasteiger charge is -2.23. The van der Waals surface area contributed by atoms with E-state index in [-0.39, 0.29) is 11.7 Å². The average molecular weight is 345 g/mol. The molecule has 4 heterocycles. The zero-order valence-corrected chi connectivity index (χ0v) is 14.0. The lowest BCUT2D eigenvalue weighted by atomic mass is 9.88. The number of hydrogen-bond donors (Lipinski definition) is 2. The minimum Gasteiger partial charge on any atom is -0.369 e. The van der Waals surface area contributed by atoms with Gasteiger partial charge in [-0.15, -0.1) is 0 Å². The summed E-state index contributed by atoms with van der Waals surface area (Å²) in [5.74, 6) is 0.0767. The number of anilines is 1. The van der Waals surface area contributed by atoms with E-state index in [0.717, 1.165) is 33.9 Å². The monoisotopic (exact) mass is 345 g/mol.